The van der Waals surface area contributed by atoms with E-state index in [-0.39, 0.29) is 29.8 Å². The van der Waals surface area contributed by atoms with Crippen LogP contribution in [0.25, 0.3) is 0 Å². The molecule has 0 aromatic heterocycles. The summed E-state index contributed by atoms with van der Waals surface area (Å²) in [5.41, 5.74) is 0. The van der Waals surface area contributed by atoms with Crippen LogP contribution in [0.1, 0.15) is 32.1 Å². The van der Waals surface area contributed by atoms with E-state index in [4.69, 9.17) is 14.2 Å². The van der Waals surface area contributed by atoms with Crippen molar-refractivity contribution in [2.24, 2.45) is 11.8 Å². The third kappa shape index (κ3) is 3.30. The van der Waals surface area contributed by atoms with Gasteiger partial charge in [-0.25, -0.2) is 0 Å². The molecule has 3 aliphatic heterocycles. The summed E-state index contributed by atoms with van der Waals surface area (Å²) in [5.74, 6) is -0.652. The summed E-state index contributed by atoms with van der Waals surface area (Å²) in [5, 5.41) is 2.94. The number of likely N-dealkylation sites (tertiary alicyclic amines) is 1. The molecule has 3 atom stereocenters. The van der Waals surface area contributed by atoms with Gasteiger partial charge in [0.2, 0.25) is 11.8 Å². The molecular formula is C17H26N2O5. The summed E-state index contributed by atoms with van der Waals surface area (Å²) in [4.78, 5) is 26.6. The van der Waals surface area contributed by atoms with Crippen molar-refractivity contribution < 1.29 is 23.8 Å². The molecule has 134 valence electrons. The van der Waals surface area contributed by atoms with Gasteiger partial charge in [-0.3, -0.25) is 9.59 Å². The van der Waals surface area contributed by atoms with Crippen LogP contribution in [0.4, 0.5) is 0 Å². The second-order valence-electron chi connectivity index (χ2n) is 7.26. The van der Waals surface area contributed by atoms with E-state index in [0.29, 0.717) is 39.3 Å². The summed E-state index contributed by atoms with van der Waals surface area (Å²) in [7, 11) is 0. The zero-order valence-electron chi connectivity index (χ0n) is 14.0. The molecule has 0 bridgehead atoms. The van der Waals surface area contributed by atoms with E-state index >= 15 is 0 Å². The number of carbonyl (C=O) groups is 2. The number of piperidine rings is 1. The molecule has 1 saturated carbocycles. The molecule has 1 aliphatic carbocycles. The Morgan fingerprint density at radius 3 is 2.50 bits per heavy atom. The molecule has 4 rings (SSSR count). The van der Waals surface area contributed by atoms with E-state index in [1.54, 1.807) is 0 Å². The van der Waals surface area contributed by atoms with Crippen LogP contribution in [0.2, 0.25) is 0 Å². The van der Waals surface area contributed by atoms with Crippen LogP contribution in [0.15, 0.2) is 0 Å². The van der Waals surface area contributed by atoms with E-state index in [1.165, 1.54) is 0 Å². The molecule has 24 heavy (non-hydrogen) atoms. The van der Waals surface area contributed by atoms with Crippen molar-refractivity contribution in [1.82, 2.24) is 10.2 Å². The molecule has 3 heterocycles. The van der Waals surface area contributed by atoms with E-state index < -0.39 is 5.79 Å². The van der Waals surface area contributed by atoms with Gasteiger partial charge in [-0.2, -0.15) is 0 Å². The van der Waals surface area contributed by atoms with Crippen molar-refractivity contribution >= 4 is 11.8 Å². The molecule has 2 amide bonds. The maximum Gasteiger partial charge on any atom is 0.226 e. The highest BCUT2D eigenvalue weighted by atomic mass is 16.7. The number of ether oxygens (including phenoxy) is 3. The second kappa shape index (κ2) is 6.61. The SMILES string of the molecule is O=C(NCC1CCCO1)C1CC1C(=O)N1CCC2(CC1)OCCO2. The van der Waals surface area contributed by atoms with Crippen LogP contribution in [0.5, 0.6) is 0 Å². The third-order valence-electron chi connectivity index (χ3n) is 5.62. The molecule has 4 fully saturated rings. The molecule has 7 heteroatoms. The number of rotatable bonds is 4. The Labute approximate surface area is 142 Å². The summed E-state index contributed by atoms with van der Waals surface area (Å²) in [6, 6.07) is 0. The van der Waals surface area contributed by atoms with Gasteiger partial charge in [0.05, 0.1) is 31.2 Å². The van der Waals surface area contributed by atoms with Crippen molar-refractivity contribution in [2.45, 2.75) is 44.0 Å². The molecule has 1 N–H and O–H groups in total. The van der Waals surface area contributed by atoms with E-state index in [1.807, 2.05) is 4.90 Å². The molecule has 7 nitrogen and oxygen atoms in total. The fourth-order valence-electron chi connectivity index (χ4n) is 4.00. The average Bonchev–Trinajstić information content (AvgIpc) is 3.00. The number of amides is 2. The van der Waals surface area contributed by atoms with Crippen molar-refractivity contribution in [2.75, 3.05) is 39.5 Å². The van der Waals surface area contributed by atoms with Crippen molar-refractivity contribution in [1.29, 1.82) is 0 Å². The predicted molar refractivity (Wildman–Crippen MR) is 84.0 cm³/mol. The minimum absolute atomic E-state index is 0.000195. The normalized spacial score (nSPS) is 34.5. The minimum Gasteiger partial charge on any atom is -0.376 e. The standard InChI is InChI=1S/C17H26N2O5/c20-15(18-11-12-2-1-7-22-12)13-10-14(13)16(21)19-5-3-17(4-6-19)23-8-9-24-17/h12-14H,1-11H2,(H,18,20). The molecule has 4 aliphatic rings. The van der Waals surface area contributed by atoms with Gasteiger partial charge >= 0.3 is 0 Å². The van der Waals surface area contributed by atoms with Crippen LogP contribution in [0.3, 0.4) is 0 Å². The van der Waals surface area contributed by atoms with Gasteiger partial charge in [-0.05, 0) is 19.3 Å². The largest absolute Gasteiger partial charge is 0.376 e. The number of carbonyl (C=O) groups excluding carboxylic acids is 2. The van der Waals surface area contributed by atoms with Gasteiger partial charge in [-0.1, -0.05) is 0 Å². The van der Waals surface area contributed by atoms with E-state index in [2.05, 4.69) is 5.32 Å². The van der Waals surface area contributed by atoms with Gasteiger partial charge in [0.25, 0.3) is 0 Å². The van der Waals surface area contributed by atoms with Crippen LogP contribution >= 0.6 is 0 Å². The molecular weight excluding hydrogens is 312 g/mol. The highest BCUT2D eigenvalue weighted by Crippen LogP contribution is 2.41. The smallest absolute Gasteiger partial charge is 0.226 e. The first-order valence-corrected chi connectivity index (χ1v) is 9.13. The first-order valence-electron chi connectivity index (χ1n) is 9.13. The second-order valence-corrected chi connectivity index (χ2v) is 7.26. The molecule has 1 spiro atoms. The van der Waals surface area contributed by atoms with Gasteiger partial charge in [-0.15, -0.1) is 0 Å². The Hall–Kier alpha value is -1.18. The lowest BCUT2D eigenvalue weighted by atomic mass is 10.0. The summed E-state index contributed by atoms with van der Waals surface area (Å²) >= 11 is 0. The lowest BCUT2D eigenvalue weighted by molar-refractivity contribution is -0.187. The number of hydrogen-bond donors (Lipinski definition) is 1. The first kappa shape index (κ1) is 16.3. The van der Waals surface area contributed by atoms with Crippen molar-refractivity contribution in [3.63, 3.8) is 0 Å². The fourth-order valence-corrected chi connectivity index (χ4v) is 4.00. The Balaban J connectivity index is 1.21. The van der Waals surface area contributed by atoms with Gasteiger partial charge in [0.1, 0.15) is 0 Å². The van der Waals surface area contributed by atoms with Crippen LogP contribution in [-0.4, -0.2) is 68.1 Å². The summed E-state index contributed by atoms with van der Waals surface area (Å²) < 4.78 is 16.9. The van der Waals surface area contributed by atoms with Crippen LogP contribution < -0.4 is 5.32 Å². The fraction of sp³-hybridized carbons (Fsp3) is 0.882. The molecule has 3 unspecified atom stereocenters. The maximum absolute atomic E-state index is 12.6. The Bertz CT molecular complexity index is 489. The predicted octanol–water partition coefficient (Wildman–Crippen LogP) is 0.283. The zero-order chi connectivity index (χ0) is 16.6. The van der Waals surface area contributed by atoms with E-state index in [0.717, 1.165) is 32.3 Å². The zero-order valence-corrected chi connectivity index (χ0v) is 14.0. The Morgan fingerprint density at radius 2 is 1.83 bits per heavy atom. The third-order valence-corrected chi connectivity index (χ3v) is 5.62. The Morgan fingerprint density at radius 1 is 1.08 bits per heavy atom. The number of hydrogen-bond acceptors (Lipinski definition) is 5. The monoisotopic (exact) mass is 338 g/mol. The van der Waals surface area contributed by atoms with Crippen molar-refractivity contribution in [3.8, 4) is 0 Å². The highest BCUT2D eigenvalue weighted by molar-refractivity contribution is 5.92. The maximum atomic E-state index is 12.6. The minimum atomic E-state index is -0.460. The van der Waals surface area contributed by atoms with Gasteiger partial charge in [0, 0.05) is 39.1 Å². The first-order chi connectivity index (χ1) is 11.7. The quantitative estimate of drug-likeness (QED) is 0.797. The van der Waals surface area contributed by atoms with Crippen molar-refractivity contribution in [3.05, 3.63) is 0 Å². The highest BCUT2D eigenvalue weighted by Gasteiger charge is 2.51. The molecule has 3 saturated heterocycles. The van der Waals surface area contributed by atoms with Crippen LogP contribution in [-0.2, 0) is 23.8 Å². The molecule has 0 aromatic rings. The topological polar surface area (TPSA) is 77.1 Å². The van der Waals surface area contributed by atoms with Gasteiger partial charge in [0.15, 0.2) is 5.79 Å². The summed E-state index contributed by atoms with van der Waals surface area (Å²) in [6.45, 7) is 3.94. The molecule has 0 aromatic carbocycles. The van der Waals surface area contributed by atoms with E-state index in [9.17, 15) is 9.59 Å². The average molecular weight is 338 g/mol. The lowest BCUT2D eigenvalue weighted by Gasteiger charge is -2.37. The number of nitrogens with one attached hydrogen (secondary N) is 1. The summed E-state index contributed by atoms with van der Waals surface area (Å²) in [6.07, 6.45) is 4.33. The van der Waals surface area contributed by atoms with Crippen LogP contribution in [0, 0.1) is 11.8 Å². The number of nitrogens with zero attached hydrogens (tertiary/aromatic N) is 1. The lowest BCUT2D eigenvalue weighted by Crippen LogP contribution is -2.48. The van der Waals surface area contributed by atoms with Gasteiger partial charge < -0.3 is 24.4 Å². The molecule has 0 radical (unpaired) electrons. The Kier molecular flexibility index (Phi) is 4.49.